The van der Waals surface area contributed by atoms with Crippen LogP contribution in [0.3, 0.4) is 0 Å². The van der Waals surface area contributed by atoms with E-state index in [1.54, 1.807) is 0 Å². The van der Waals surface area contributed by atoms with Gasteiger partial charge in [-0.15, -0.1) is 0 Å². The molecule has 0 radical (unpaired) electrons. The van der Waals surface area contributed by atoms with Crippen molar-refractivity contribution in [1.82, 2.24) is 0 Å². The zero-order chi connectivity index (χ0) is 24.7. The second kappa shape index (κ2) is 17.0. The summed E-state index contributed by atoms with van der Waals surface area (Å²) >= 11 is 0. The van der Waals surface area contributed by atoms with E-state index in [1.165, 1.54) is 32.1 Å². The van der Waals surface area contributed by atoms with E-state index < -0.39 is 47.4 Å². The first kappa shape index (κ1) is 32.5. The Kier molecular flexibility index (Phi) is 17.2. The van der Waals surface area contributed by atoms with Gasteiger partial charge in [0.25, 0.3) is 0 Å². The summed E-state index contributed by atoms with van der Waals surface area (Å²) in [6.45, 7) is 0.593. The van der Waals surface area contributed by atoms with Crippen molar-refractivity contribution in [3.63, 3.8) is 0 Å². The van der Waals surface area contributed by atoms with Gasteiger partial charge in [0.05, 0.1) is 30.8 Å². The molecule has 0 aromatic carbocycles. The second-order valence-electron chi connectivity index (χ2n) is 8.75. The van der Waals surface area contributed by atoms with Crippen molar-refractivity contribution >= 4 is 16.5 Å². The average molecular weight is 509 g/mol. The molecule has 0 aliphatic heterocycles. The topological polar surface area (TPSA) is 191 Å². The van der Waals surface area contributed by atoms with E-state index in [0.29, 0.717) is 25.7 Å². The maximum atomic E-state index is 10.2. The van der Waals surface area contributed by atoms with Gasteiger partial charge in [0, 0.05) is 6.61 Å². The molecule has 0 heterocycles. The van der Waals surface area contributed by atoms with Gasteiger partial charge in [-0.3, -0.25) is 0 Å². The summed E-state index contributed by atoms with van der Waals surface area (Å²) in [6, 6.07) is 0. The van der Waals surface area contributed by atoms with Gasteiger partial charge in [-0.2, -0.15) is 0 Å². The molecular weight excluding hydrogens is 462 g/mol. The molecule has 1 fully saturated rings. The van der Waals surface area contributed by atoms with Crippen LogP contribution in [0.2, 0.25) is 0 Å². The smallest absolute Gasteiger partial charge is 0.0980 e. The molecule has 2 atom stereocenters. The second-order valence-corrected chi connectivity index (χ2v) is 12.0. The molecule has 32 heavy (non-hydrogen) atoms. The van der Waals surface area contributed by atoms with Gasteiger partial charge in [0.2, 0.25) is 0 Å². The minimum absolute atomic E-state index is 0.141. The van der Waals surface area contributed by atoms with Crippen molar-refractivity contribution in [2.24, 2.45) is 11.3 Å². The van der Waals surface area contributed by atoms with Crippen LogP contribution in [0.15, 0.2) is 0 Å². The van der Waals surface area contributed by atoms with Crippen LogP contribution >= 0.6 is 16.5 Å². The summed E-state index contributed by atoms with van der Waals surface area (Å²) in [5.74, 6) is -0.376. The minimum Gasteiger partial charge on any atom is -0.396 e. The average Bonchev–Trinajstić information content (AvgIpc) is 2.75. The van der Waals surface area contributed by atoms with Crippen LogP contribution < -0.4 is 0 Å². The minimum atomic E-state index is -3.82. The summed E-state index contributed by atoms with van der Waals surface area (Å²) in [6.07, 6.45) is 10.7. The van der Waals surface area contributed by atoms with E-state index in [9.17, 15) is 35.3 Å². The Bertz CT molecular complexity index is 466. The Labute approximate surface area is 193 Å². The molecule has 196 valence electrons. The molecule has 0 aromatic rings. The van der Waals surface area contributed by atoms with Crippen molar-refractivity contribution in [3.05, 3.63) is 0 Å². The predicted octanol–water partition coefficient (Wildman–Crippen LogP) is 1.31. The monoisotopic (exact) mass is 508 g/mol. The molecule has 0 bridgehead atoms. The van der Waals surface area contributed by atoms with E-state index in [-0.39, 0.29) is 18.7 Å². The maximum Gasteiger partial charge on any atom is 0.0980 e. The Balaban J connectivity index is 0.000000604. The number of unbranched alkanes of at least 4 members (excludes halogenated alkanes) is 7. The first-order chi connectivity index (χ1) is 15.1. The molecule has 0 aromatic heterocycles. The molecule has 0 saturated heterocycles. The third kappa shape index (κ3) is 10.8. The van der Waals surface area contributed by atoms with Crippen molar-refractivity contribution < 1.29 is 49.4 Å². The Hall–Kier alpha value is 0.460. The number of aliphatic hydroxyl groups excluding tert-OH is 4. The first-order valence-corrected chi connectivity index (χ1v) is 14.7. The van der Waals surface area contributed by atoms with Crippen molar-refractivity contribution in [1.29, 1.82) is 0 Å². The Morgan fingerprint density at radius 1 is 0.875 bits per heavy atom. The van der Waals surface area contributed by atoms with Gasteiger partial charge in [0.1, 0.15) is 0 Å². The van der Waals surface area contributed by atoms with Gasteiger partial charge in [-0.1, -0.05) is 6.42 Å². The zero-order valence-corrected chi connectivity index (χ0v) is 21.2. The molecule has 0 spiro atoms. The molecule has 12 heteroatoms. The van der Waals surface area contributed by atoms with Crippen LogP contribution in [0.25, 0.3) is 0 Å². The third-order valence-corrected chi connectivity index (χ3v) is 9.31. The SMILES string of the molecule is CCCCCCCCCC[PH](O)(O)OP(O)O.OCC1CCCC(O)(CO)C1(CO)CO. The quantitative estimate of drug-likeness (QED) is 0.115. The van der Waals surface area contributed by atoms with E-state index in [2.05, 4.69) is 11.2 Å². The van der Waals surface area contributed by atoms with Gasteiger partial charge >= 0.3 is 105 Å². The molecule has 10 nitrogen and oxygen atoms in total. The first-order valence-electron chi connectivity index (χ1n) is 11.6. The molecule has 0 amide bonds. The van der Waals surface area contributed by atoms with Gasteiger partial charge in [0.15, 0.2) is 0 Å². The van der Waals surface area contributed by atoms with Crippen LogP contribution in [0, 0.1) is 11.3 Å². The van der Waals surface area contributed by atoms with Gasteiger partial charge in [-0.25, -0.2) is 0 Å². The zero-order valence-electron chi connectivity index (χ0n) is 19.3. The van der Waals surface area contributed by atoms with Crippen LogP contribution in [0.5, 0.6) is 0 Å². The summed E-state index contributed by atoms with van der Waals surface area (Å²) in [5.41, 5.74) is -2.70. The van der Waals surface area contributed by atoms with E-state index in [4.69, 9.17) is 9.79 Å². The largest absolute Gasteiger partial charge is 0.396 e. The van der Waals surface area contributed by atoms with Crippen LogP contribution in [-0.2, 0) is 4.31 Å². The van der Waals surface area contributed by atoms with Gasteiger partial charge < -0.3 is 25.5 Å². The van der Waals surface area contributed by atoms with Crippen LogP contribution in [0.1, 0.15) is 77.6 Å². The third-order valence-electron chi connectivity index (χ3n) is 6.48. The number of hydrogen-bond donors (Lipinski definition) is 9. The number of rotatable bonds is 15. The fourth-order valence-electron chi connectivity index (χ4n) is 4.32. The standard InChI is InChI=1S/C10H26O5P2.C10H20O5/c1-2-3-4-5-6-7-8-9-10-17(13,14)15-16(11)12;11-4-8-2-1-3-10(15,7-14)9(8,5-12)6-13/h11-14,17H,2-10H2,1H3;8,11-15H,1-7H2. The van der Waals surface area contributed by atoms with Crippen molar-refractivity contribution in [2.75, 3.05) is 32.6 Å². The summed E-state index contributed by atoms with van der Waals surface area (Å²) in [7, 11) is -6.48. The van der Waals surface area contributed by atoms with Crippen molar-refractivity contribution in [3.8, 4) is 0 Å². The van der Waals surface area contributed by atoms with Crippen LogP contribution in [0.4, 0.5) is 0 Å². The van der Waals surface area contributed by atoms with E-state index >= 15 is 0 Å². The van der Waals surface area contributed by atoms with E-state index in [0.717, 1.165) is 12.8 Å². The molecule has 1 aliphatic carbocycles. The number of hydrogen-bond acceptors (Lipinski definition) is 10. The molecule has 1 saturated carbocycles. The number of aliphatic hydroxyl groups is 5. The summed E-state index contributed by atoms with van der Waals surface area (Å²) < 4.78 is 4.32. The Morgan fingerprint density at radius 3 is 1.84 bits per heavy atom. The van der Waals surface area contributed by atoms with Gasteiger partial charge in [-0.05, 0) is 18.8 Å². The fraction of sp³-hybridized carbons (Fsp3) is 1.00. The molecule has 9 N–H and O–H groups in total. The maximum absolute atomic E-state index is 10.2. The van der Waals surface area contributed by atoms with E-state index in [1.807, 2.05) is 0 Å². The Morgan fingerprint density at radius 2 is 1.41 bits per heavy atom. The fourth-order valence-corrected chi connectivity index (χ4v) is 6.44. The summed E-state index contributed by atoms with van der Waals surface area (Å²) in [5, 5.41) is 47.4. The predicted molar refractivity (Wildman–Crippen MR) is 126 cm³/mol. The molecular formula is C20H46O10P2. The van der Waals surface area contributed by atoms with Crippen molar-refractivity contribution in [2.45, 2.75) is 83.2 Å². The molecule has 1 rings (SSSR count). The summed E-state index contributed by atoms with van der Waals surface area (Å²) in [4.78, 5) is 35.7. The van der Waals surface area contributed by atoms with Crippen LogP contribution in [-0.4, -0.2) is 83.3 Å². The molecule has 1 aliphatic rings. The normalized spacial score (nSPS) is 23.7. The molecule has 2 unspecified atom stereocenters.